The maximum absolute atomic E-state index is 12.6. The summed E-state index contributed by atoms with van der Waals surface area (Å²) in [7, 11) is 5.52. The van der Waals surface area contributed by atoms with Crippen molar-refractivity contribution in [2.24, 2.45) is 0 Å². The summed E-state index contributed by atoms with van der Waals surface area (Å²) in [5.74, 6) is -0.0865. The van der Waals surface area contributed by atoms with Crippen molar-refractivity contribution in [3.8, 4) is 28.6 Å². The summed E-state index contributed by atoms with van der Waals surface area (Å²) in [6.45, 7) is 0. The van der Waals surface area contributed by atoms with Crippen molar-refractivity contribution in [3.05, 3.63) is 41.5 Å². The topological polar surface area (TPSA) is 104 Å². The first-order chi connectivity index (χ1) is 14.4. The summed E-state index contributed by atoms with van der Waals surface area (Å²) in [6.07, 6.45) is 0.575. The van der Waals surface area contributed by atoms with E-state index in [0.717, 1.165) is 5.56 Å². The van der Waals surface area contributed by atoms with Gasteiger partial charge in [-0.1, -0.05) is 0 Å². The van der Waals surface area contributed by atoms with E-state index < -0.39 is 5.97 Å². The molecule has 30 heavy (non-hydrogen) atoms. The lowest BCUT2D eigenvalue weighted by Gasteiger charge is -2.06. The molecule has 3 aromatic rings. The Morgan fingerprint density at radius 2 is 1.70 bits per heavy atom. The average Bonchev–Trinajstić information content (AvgIpc) is 3.16. The van der Waals surface area contributed by atoms with Gasteiger partial charge in [0.1, 0.15) is 11.3 Å². The van der Waals surface area contributed by atoms with E-state index in [1.807, 2.05) is 0 Å². The van der Waals surface area contributed by atoms with E-state index >= 15 is 0 Å². The predicted octanol–water partition coefficient (Wildman–Crippen LogP) is 3.71. The number of carbonyl (C=O) groups excluding carboxylic acids is 2. The highest BCUT2D eigenvalue weighted by molar-refractivity contribution is 6.10. The Morgan fingerprint density at radius 1 is 0.967 bits per heavy atom. The van der Waals surface area contributed by atoms with E-state index in [4.69, 9.17) is 23.4 Å². The van der Waals surface area contributed by atoms with Crippen LogP contribution in [-0.2, 0) is 20.7 Å². The lowest BCUT2D eigenvalue weighted by Crippen LogP contribution is -2.03. The van der Waals surface area contributed by atoms with Gasteiger partial charge in [-0.05, 0) is 42.3 Å². The number of hydrogen-bond acceptors (Lipinski definition) is 8. The van der Waals surface area contributed by atoms with E-state index in [1.54, 1.807) is 24.3 Å². The Morgan fingerprint density at radius 3 is 2.33 bits per heavy atom. The fourth-order valence-electron chi connectivity index (χ4n) is 3.20. The monoisotopic (exact) mass is 414 g/mol. The Balaban J connectivity index is 2.23. The molecule has 0 spiro atoms. The number of ether oxygens (including phenoxy) is 4. The summed E-state index contributed by atoms with van der Waals surface area (Å²) < 4.78 is 26.3. The second-order valence-corrected chi connectivity index (χ2v) is 6.44. The normalized spacial score (nSPS) is 10.7. The van der Waals surface area contributed by atoms with Crippen LogP contribution in [0.4, 0.5) is 0 Å². The Hall–Kier alpha value is -3.68. The SMILES string of the molecule is COC(=O)CCc1cc(OC)c2oc(-c3ccc(O)c(OC)c3)c(C(=O)OC)c2c1. The van der Waals surface area contributed by atoms with Crippen LogP contribution in [0.1, 0.15) is 22.3 Å². The van der Waals surface area contributed by atoms with Crippen LogP contribution >= 0.6 is 0 Å². The van der Waals surface area contributed by atoms with E-state index in [-0.39, 0.29) is 35.2 Å². The minimum Gasteiger partial charge on any atom is -0.504 e. The van der Waals surface area contributed by atoms with E-state index in [9.17, 15) is 14.7 Å². The summed E-state index contributed by atoms with van der Waals surface area (Å²) in [6, 6.07) is 8.12. The van der Waals surface area contributed by atoms with Crippen molar-refractivity contribution in [2.75, 3.05) is 28.4 Å². The summed E-state index contributed by atoms with van der Waals surface area (Å²) in [5, 5.41) is 10.4. The zero-order valence-electron chi connectivity index (χ0n) is 17.1. The van der Waals surface area contributed by atoms with E-state index in [0.29, 0.717) is 28.7 Å². The van der Waals surface area contributed by atoms with Gasteiger partial charge in [-0.25, -0.2) is 4.79 Å². The second-order valence-electron chi connectivity index (χ2n) is 6.44. The number of rotatable bonds is 7. The van der Waals surface area contributed by atoms with Crippen molar-refractivity contribution in [1.82, 2.24) is 0 Å². The maximum Gasteiger partial charge on any atom is 0.342 e. The third-order valence-corrected chi connectivity index (χ3v) is 4.71. The molecule has 0 aliphatic carbocycles. The highest BCUT2D eigenvalue weighted by Crippen LogP contribution is 2.41. The molecule has 0 saturated heterocycles. The molecule has 0 atom stereocenters. The minimum atomic E-state index is -0.594. The first-order valence-electron chi connectivity index (χ1n) is 9.09. The predicted molar refractivity (Wildman–Crippen MR) is 108 cm³/mol. The van der Waals surface area contributed by atoms with E-state index in [1.165, 1.54) is 34.5 Å². The van der Waals surface area contributed by atoms with Crippen molar-refractivity contribution >= 4 is 22.9 Å². The minimum absolute atomic E-state index is 0.0420. The van der Waals surface area contributed by atoms with Gasteiger partial charge in [-0.3, -0.25) is 4.79 Å². The van der Waals surface area contributed by atoms with Gasteiger partial charge in [0.25, 0.3) is 0 Å². The van der Waals surface area contributed by atoms with Crippen molar-refractivity contribution in [1.29, 1.82) is 0 Å². The molecule has 0 unspecified atom stereocenters. The molecule has 2 aromatic carbocycles. The molecule has 158 valence electrons. The van der Waals surface area contributed by atoms with Crippen LogP contribution in [0.15, 0.2) is 34.7 Å². The first kappa shape index (κ1) is 21.0. The van der Waals surface area contributed by atoms with Gasteiger partial charge in [0.05, 0.1) is 28.4 Å². The van der Waals surface area contributed by atoms with Crippen molar-refractivity contribution < 1.29 is 38.1 Å². The smallest absolute Gasteiger partial charge is 0.342 e. The molecule has 1 heterocycles. The molecule has 0 saturated carbocycles. The van der Waals surface area contributed by atoms with Gasteiger partial charge >= 0.3 is 11.9 Å². The van der Waals surface area contributed by atoms with Gasteiger partial charge in [0.15, 0.2) is 22.8 Å². The lowest BCUT2D eigenvalue weighted by molar-refractivity contribution is -0.140. The molecule has 0 aliphatic heterocycles. The standard InChI is InChI=1S/C22H22O8/c1-26-16-11-13(6-7-15(16)23)20-19(22(25)29-4)14-9-12(5-8-18(24)28-3)10-17(27-2)21(14)30-20/h6-7,9-11,23H,5,8H2,1-4H3. The highest BCUT2D eigenvalue weighted by atomic mass is 16.5. The average molecular weight is 414 g/mol. The van der Waals surface area contributed by atoms with Gasteiger partial charge in [-0.15, -0.1) is 0 Å². The number of fused-ring (bicyclic) bond motifs is 1. The Bertz CT molecular complexity index is 1100. The van der Waals surface area contributed by atoms with Crippen LogP contribution < -0.4 is 9.47 Å². The third kappa shape index (κ3) is 3.89. The summed E-state index contributed by atoms with van der Waals surface area (Å²) >= 11 is 0. The van der Waals surface area contributed by atoms with Gasteiger partial charge < -0.3 is 28.5 Å². The molecule has 0 bridgehead atoms. The Kier molecular flexibility index (Phi) is 6.15. The number of esters is 2. The molecule has 8 nitrogen and oxygen atoms in total. The number of aryl methyl sites for hydroxylation is 1. The largest absolute Gasteiger partial charge is 0.504 e. The number of aromatic hydroxyl groups is 1. The molecule has 3 rings (SSSR count). The molecule has 8 heteroatoms. The quantitative estimate of drug-likeness (QED) is 0.584. The molecular formula is C22H22O8. The Labute approximate surface area is 172 Å². The number of hydrogen-bond donors (Lipinski definition) is 1. The van der Waals surface area contributed by atoms with Crippen LogP contribution in [0.5, 0.6) is 17.2 Å². The summed E-state index contributed by atoms with van der Waals surface area (Å²) in [4.78, 5) is 24.2. The third-order valence-electron chi connectivity index (χ3n) is 4.71. The van der Waals surface area contributed by atoms with Crippen LogP contribution in [0.25, 0.3) is 22.3 Å². The maximum atomic E-state index is 12.6. The fourth-order valence-corrected chi connectivity index (χ4v) is 3.20. The number of phenolic OH excluding ortho intramolecular Hbond substituents is 1. The van der Waals surface area contributed by atoms with Gasteiger partial charge in [0.2, 0.25) is 0 Å². The fraction of sp³-hybridized carbons (Fsp3) is 0.273. The molecule has 0 radical (unpaired) electrons. The molecule has 1 N–H and O–H groups in total. The number of carbonyl (C=O) groups is 2. The van der Waals surface area contributed by atoms with Crippen molar-refractivity contribution in [3.63, 3.8) is 0 Å². The first-order valence-corrected chi connectivity index (χ1v) is 9.09. The molecule has 0 aliphatic rings. The van der Waals surface area contributed by atoms with E-state index in [2.05, 4.69) is 0 Å². The van der Waals surface area contributed by atoms with Gasteiger partial charge in [0, 0.05) is 17.4 Å². The molecular weight excluding hydrogens is 392 g/mol. The van der Waals surface area contributed by atoms with Crippen LogP contribution in [0.3, 0.4) is 0 Å². The number of methoxy groups -OCH3 is 4. The van der Waals surface area contributed by atoms with Crippen LogP contribution in [0.2, 0.25) is 0 Å². The summed E-state index contributed by atoms with van der Waals surface area (Å²) in [5.41, 5.74) is 1.85. The second kappa shape index (κ2) is 8.77. The lowest BCUT2D eigenvalue weighted by atomic mass is 10.0. The number of benzene rings is 2. The highest BCUT2D eigenvalue weighted by Gasteiger charge is 2.26. The number of phenols is 1. The molecule has 0 fully saturated rings. The van der Waals surface area contributed by atoms with Crippen LogP contribution in [0, 0.1) is 0 Å². The zero-order chi connectivity index (χ0) is 21.8. The molecule has 1 aromatic heterocycles. The van der Waals surface area contributed by atoms with Crippen LogP contribution in [-0.4, -0.2) is 45.5 Å². The zero-order valence-corrected chi connectivity index (χ0v) is 17.1. The van der Waals surface area contributed by atoms with Gasteiger partial charge in [-0.2, -0.15) is 0 Å². The number of furan rings is 1. The molecule has 0 amide bonds. The van der Waals surface area contributed by atoms with Crippen molar-refractivity contribution in [2.45, 2.75) is 12.8 Å².